The molecule has 9 heteroatoms. The molecular formula is C35H43N5O4. The van der Waals surface area contributed by atoms with Gasteiger partial charge in [-0.15, -0.1) is 0 Å². The van der Waals surface area contributed by atoms with Gasteiger partial charge in [0.1, 0.15) is 24.8 Å². The number of likely N-dealkylation sites (N-methyl/N-ethyl adjacent to an activating group) is 1. The summed E-state index contributed by atoms with van der Waals surface area (Å²) in [4.78, 5) is 60.0. The van der Waals surface area contributed by atoms with Crippen molar-refractivity contribution in [2.24, 2.45) is 5.41 Å². The van der Waals surface area contributed by atoms with E-state index in [1.54, 1.807) is 28.7 Å². The van der Waals surface area contributed by atoms with E-state index in [-0.39, 0.29) is 36.7 Å². The maximum absolute atomic E-state index is 14.3. The number of hydrogen-bond acceptors (Lipinski definition) is 5. The summed E-state index contributed by atoms with van der Waals surface area (Å²) in [5.74, 6) is -0.986. The summed E-state index contributed by atoms with van der Waals surface area (Å²) in [5, 5.41) is 7.95. The van der Waals surface area contributed by atoms with E-state index < -0.39 is 29.7 Å². The zero-order valence-corrected chi connectivity index (χ0v) is 26.2. The van der Waals surface area contributed by atoms with Crippen LogP contribution in [0.1, 0.15) is 38.8 Å². The van der Waals surface area contributed by atoms with Crippen LogP contribution in [0.15, 0.2) is 72.8 Å². The lowest BCUT2D eigenvalue weighted by Gasteiger charge is -2.45. The molecule has 9 nitrogen and oxygen atoms in total. The molecule has 0 aromatic heterocycles. The average molecular weight is 598 g/mol. The minimum absolute atomic E-state index is 0.115. The van der Waals surface area contributed by atoms with E-state index in [0.717, 1.165) is 21.9 Å². The Balaban J connectivity index is 1.48. The van der Waals surface area contributed by atoms with Crippen molar-refractivity contribution < 1.29 is 19.2 Å². The van der Waals surface area contributed by atoms with Gasteiger partial charge in [0, 0.05) is 13.0 Å². The molecule has 232 valence electrons. The Morgan fingerprint density at radius 3 is 2.34 bits per heavy atom. The van der Waals surface area contributed by atoms with Crippen molar-refractivity contribution in [1.29, 1.82) is 0 Å². The van der Waals surface area contributed by atoms with Crippen LogP contribution in [-0.4, -0.2) is 89.3 Å². The van der Waals surface area contributed by atoms with Crippen LogP contribution in [-0.2, 0) is 32.0 Å². The SMILES string of the molecule is CN[C@@H](C)C(=O)N[C@H](C(=O)N1CC(=O)N2[C@@H]1CN(CCc1ccccc1)C(=O)[C@@H]2Cc1cccc2ccccc12)C(C)(C)C. The van der Waals surface area contributed by atoms with Crippen molar-refractivity contribution in [2.45, 2.75) is 64.8 Å². The van der Waals surface area contributed by atoms with Crippen molar-refractivity contribution in [2.75, 3.05) is 26.7 Å². The van der Waals surface area contributed by atoms with Gasteiger partial charge in [-0.05, 0) is 47.7 Å². The Bertz CT molecular complexity index is 1530. The Kier molecular flexibility index (Phi) is 9.06. The molecule has 5 rings (SSSR count). The summed E-state index contributed by atoms with van der Waals surface area (Å²) in [7, 11) is 1.69. The fraction of sp³-hybridized carbons (Fsp3) is 0.429. The zero-order chi connectivity index (χ0) is 31.6. The summed E-state index contributed by atoms with van der Waals surface area (Å²) in [6.07, 6.45) is 0.364. The van der Waals surface area contributed by atoms with Gasteiger partial charge in [-0.3, -0.25) is 19.2 Å². The van der Waals surface area contributed by atoms with Crippen molar-refractivity contribution in [3.63, 3.8) is 0 Å². The molecular weight excluding hydrogens is 554 g/mol. The van der Waals surface area contributed by atoms with E-state index in [2.05, 4.69) is 10.6 Å². The van der Waals surface area contributed by atoms with Crippen LogP contribution in [0.3, 0.4) is 0 Å². The largest absolute Gasteiger partial charge is 0.342 e. The summed E-state index contributed by atoms with van der Waals surface area (Å²) in [6, 6.07) is 21.9. The molecule has 2 heterocycles. The molecule has 4 atom stereocenters. The first kappa shape index (κ1) is 31.2. The van der Waals surface area contributed by atoms with Gasteiger partial charge in [-0.2, -0.15) is 0 Å². The van der Waals surface area contributed by atoms with E-state index in [1.165, 1.54) is 0 Å². The first-order chi connectivity index (χ1) is 21.0. The minimum atomic E-state index is -0.856. The third-order valence-electron chi connectivity index (χ3n) is 8.91. The first-order valence-corrected chi connectivity index (χ1v) is 15.4. The minimum Gasteiger partial charge on any atom is -0.342 e. The van der Waals surface area contributed by atoms with Gasteiger partial charge in [0.2, 0.25) is 23.6 Å². The lowest BCUT2D eigenvalue weighted by molar-refractivity contribution is -0.156. The quantitative estimate of drug-likeness (QED) is 0.395. The number of piperazine rings is 1. The fourth-order valence-electron chi connectivity index (χ4n) is 6.25. The predicted octanol–water partition coefficient (Wildman–Crippen LogP) is 2.97. The number of carbonyl (C=O) groups is 4. The second-order valence-corrected chi connectivity index (χ2v) is 12.9. The molecule has 2 fully saturated rings. The predicted molar refractivity (Wildman–Crippen MR) is 170 cm³/mol. The molecule has 2 aliphatic rings. The third-order valence-corrected chi connectivity index (χ3v) is 8.91. The van der Waals surface area contributed by atoms with Gasteiger partial charge in [0.25, 0.3) is 0 Å². The molecule has 0 radical (unpaired) electrons. The molecule has 3 aromatic carbocycles. The summed E-state index contributed by atoms with van der Waals surface area (Å²) < 4.78 is 0. The van der Waals surface area contributed by atoms with Gasteiger partial charge in [0.05, 0.1) is 12.6 Å². The van der Waals surface area contributed by atoms with E-state index in [0.29, 0.717) is 19.4 Å². The Morgan fingerprint density at radius 2 is 1.64 bits per heavy atom. The molecule has 4 amide bonds. The number of nitrogens with one attached hydrogen (secondary N) is 2. The molecule has 0 saturated carbocycles. The fourth-order valence-corrected chi connectivity index (χ4v) is 6.25. The lowest BCUT2D eigenvalue weighted by atomic mass is 9.85. The lowest BCUT2D eigenvalue weighted by Crippen LogP contribution is -2.66. The van der Waals surface area contributed by atoms with E-state index in [9.17, 15) is 19.2 Å². The number of carbonyl (C=O) groups excluding carboxylic acids is 4. The van der Waals surface area contributed by atoms with E-state index >= 15 is 0 Å². The number of amides is 4. The van der Waals surface area contributed by atoms with E-state index in [1.807, 2.05) is 93.6 Å². The number of benzene rings is 3. The van der Waals surface area contributed by atoms with Crippen molar-refractivity contribution in [3.8, 4) is 0 Å². The Labute approximate surface area is 259 Å². The van der Waals surface area contributed by atoms with Gasteiger partial charge >= 0.3 is 0 Å². The first-order valence-electron chi connectivity index (χ1n) is 15.4. The van der Waals surface area contributed by atoms with Gasteiger partial charge in [-0.1, -0.05) is 93.6 Å². The monoisotopic (exact) mass is 597 g/mol. The normalized spacial score (nSPS) is 20.1. The van der Waals surface area contributed by atoms with Crippen LogP contribution >= 0.6 is 0 Å². The molecule has 0 aliphatic carbocycles. The second kappa shape index (κ2) is 12.8. The standard InChI is InChI=1S/C35H43N5O4/c1-23(36-5)32(42)37-31(35(2,3)4)34(44)39-22-30(41)40-28(20-26-16-11-15-25-14-9-10-17-27(25)26)33(43)38(21-29(39)40)19-18-24-12-7-6-8-13-24/h6-17,23,28-29,31,36H,18-22H2,1-5H3,(H,37,42)/t23-,28-,29+,31+/m0/s1. The van der Waals surface area contributed by atoms with Crippen molar-refractivity contribution in [3.05, 3.63) is 83.9 Å². The van der Waals surface area contributed by atoms with Crippen LogP contribution in [0, 0.1) is 5.41 Å². The van der Waals surface area contributed by atoms with Crippen molar-refractivity contribution in [1.82, 2.24) is 25.3 Å². The van der Waals surface area contributed by atoms with Crippen LogP contribution < -0.4 is 10.6 Å². The van der Waals surface area contributed by atoms with Crippen molar-refractivity contribution >= 4 is 34.4 Å². The topological polar surface area (TPSA) is 102 Å². The molecule has 2 N–H and O–H groups in total. The number of hydrogen-bond donors (Lipinski definition) is 2. The maximum Gasteiger partial charge on any atom is 0.247 e. The highest BCUT2D eigenvalue weighted by Gasteiger charge is 2.53. The summed E-state index contributed by atoms with van der Waals surface area (Å²) in [5.41, 5.74) is 1.47. The third kappa shape index (κ3) is 6.33. The molecule has 0 bridgehead atoms. The highest BCUT2D eigenvalue weighted by Crippen LogP contribution is 2.32. The molecule has 3 aromatic rings. The van der Waals surface area contributed by atoms with Gasteiger partial charge in [0.15, 0.2) is 0 Å². The molecule has 2 saturated heterocycles. The van der Waals surface area contributed by atoms with Crippen LogP contribution in [0.25, 0.3) is 10.8 Å². The molecule has 0 spiro atoms. The molecule has 0 unspecified atom stereocenters. The smallest absolute Gasteiger partial charge is 0.247 e. The van der Waals surface area contributed by atoms with E-state index in [4.69, 9.17) is 0 Å². The highest BCUT2D eigenvalue weighted by molar-refractivity contribution is 5.97. The number of nitrogens with zero attached hydrogens (tertiary/aromatic N) is 3. The number of rotatable bonds is 9. The zero-order valence-electron chi connectivity index (χ0n) is 26.2. The van der Waals surface area contributed by atoms with Crippen LogP contribution in [0.4, 0.5) is 0 Å². The molecule has 44 heavy (non-hydrogen) atoms. The van der Waals surface area contributed by atoms with Crippen LogP contribution in [0.2, 0.25) is 0 Å². The summed E-state index contributed by atoms with van der Waals surface area (Å²) in [6.45, 7) is 7.97. The molecule has 2 aliphatic heterocycles. The number of fused-ring (bicyclic) bond motifs is 2. The second-order valence-electron chi connectivity index (χ2n) is 12.9. The van der Waals surface area contributed by atoms with Crippen LogP contribution in [0.5, 0.6) is 0 Å². The summed E-state index contributed by atoms with van der Waals surface area (Å²) >= 11 is 0. The highest BCUT2D eigenvalue weighted by atomic mass is 16.2. The maximum atomic E-state index is 14.3. The average Bonchev–Trinajstić information content (AvgIpc) is 3.35. The Hall–Kier alpha value is -4.24. The van der Waals surface area contributed by atoms with Gasteiger partial charge in [-0.25, -0.2) is 0 Å². The Morgan fingerprint density at radius 1 is 0.955 bits per heavy atom. The van der Waals surface area contributed by atoms with Gasteiger partial charge < -0.3 is 25.3 Å².